The summed E-state index contributed by atoms with van der Waals surface area (Å²) in [5.74, 6) is 0. The second kappa shape index (κ2) is 6.59. The highest BCUT2D eigenvalue weighted by molar-refractivity contribution is 5.21. The van der Waals surface area contributed by atoms with Gasteiger partial charge in [-0.25, -0.2) is 0 Å². The molecule has 84 valence electrons. The second-order valence-electron chi connectivity index (χ2n) is 4.07. The van der Waals surface area contributed by atoms with Crippen LogP contribution in [0.15, 0.2) is 24.3 Å². The Kier molecular flexibility index (Phi) is 5.37. The van der Waals surface area contributed by atoms with Gasteiger partial charge in [-0.1, -0.05) is 37.6 Å². The molecule has 0 radical (unpaired) electrons. The molecule has 0 aliphatic carbocycles. The zero-order valence-corrected chi connectivity index (χ0v) is 9.74. The molecule has 0 amide bonds. The summed E-state index contributed by atoms with van der Waals surface area (Å²) in [4.78, 5) is 2.33. The molecule has 0 aromatic heterocycles. The van der Waals surface area contributed by atoms with Crippen molar-refractivity contribution in [2.75, 3.05) is 13.6 Å². The van der Waals surface area contributed by atoms with Gasteiger partial charge in [0.25, 0.3) is 0 Å². The van der Waals surface area contributed by atoms with Crippen molar-refractivity contribution in [1.82, 2.24) is 4.90 Å². The number of benzene rings is 1. The van der Waals surface area contributed by atoms with Crippen molar-refractivity contribution in [2.45, 2.75) is 32.9 Å². The van der Waals surface area contributed by atoms with Crippen LogP contribution in [0, 0.1) is 0 Å². The first-order valence-electron chi connectivity index (χ1n) is 5.63. The van der Waals surface area contributed by atoms with Crippen LogP contribution in [0.2, 0.25) is 0 Å². The SMILES string of the molecule is CCCCN(C)Cc1ccc(CO)cc1. The lowest BCUT2D eigenvalue weighted by molar-refractivity contribution is 0.281. The Hall–Kier alpha value is -0.860. The molecular weight excluding hydrogens is 186 g/mol. The van der Waals surface area contributed by atoms with Gasteiger partial charge in [0, 0.05) is 6.54 Å². The largest absolute Gasteiger partial charge is 0.392 e. The van der Waals surface area contributed by atoms with E-state index in [4.69, 9.17) is 5.11 Å². The number of hydrogen-bond acceptors (Lipinski definition) is 2. The van der Waals surface area contributed by atoms with Crippen molar-refractivity contribution in [1.29, 1.82) is 0 Å². The summed E-state index contributed by atoms with van der Waals surface area (Å²) in [5, 5.41) is 8.92. The molecule has 1 aromatic rings. The molecule has 2 heteroatoms. The van der Waals surface area contributed by atoms with Gasteiger partial charge in [-0.3, -0.25) is 0 Å². The van der Waals surface area contributed by atoms with Crippen LogP contribution in [0.5, 0.6) is 0 Å². The third kappa shape index (κ3) is 4.45. The summed E-state index contributed by atoms with van der Waals surface area (Å²) in [6.45, 7) is 4.49. The Morgan fingerprint density at radius 1 is 1.13 bits per heavy atom. The zero-order chi connectivity index (χ0) is 11.1. The molecule has 0 heterocycles. The molecule has 0 saturated carbocycles. The van der Waals surface area contributed by atoms with Gasteiger partial charge in [-0.15, -0.1) is 0 Å². The van der Waals surface area contributed by atoms with Crippen LogP contribution in [-0.4, -0.2) is 23.6 Å². The summed E-state index contributed by atoms with van der Waals surface area (Å²) in [6.07, 6.45) is 2.50. The van der Waals surface area contributed by atoms with Gasteiger partial charge >= 0.3 is 0 Å². The summed E-state index contributed by atoms with van der Waals surface area (Å²) >= 11 is 0. The van der Waals surface area contributed by atoms with E-state index in [1.165, 1.54) is 18.4 Å². The zero-order valence-electron chi connectivity index (χ0n) is 9.74. The molecule has 0 fully saturated rings. The third-order valence-corrected chi connectivity index (χ3v) is 2.55. The van der Waals surface area contributed by atoms with Crippen molar-refractivity contribution in [3.05, 3.63) is 35.4 Å². The number of rotatable bonds is 6. The van der Waals surface area contributed by atoms with Crippen LogP contribution in [0.25, 0.3) is 0 Å². The minimum Gasteiger partial charge on any atom is -0.392 e. The molecular formula is C13H21NO. The van der Waals surface area contributed by atoms with Gasteiger partial charge in [-0.05, 0) is 31.1 Å². The third-order valence-electron chi connectivity index (χ3n) is 2.55. The normalized spacial score (nSPS) is 10.9. The van der Waals surface area contributed by atoms with E-state index in [9.17, 15) is 0 Å². The molecule has 0 atom stereocenters. The first-order chi connectivity index (χ1) is 7.26. The number of unbranched alkanes of at least 4 members (excludes halogenated alkanes) is 1. The fourth-order valence-corrected chi connectivity index (χ4v) is 1.57. The highest BCUT2D eigenvalue weighted by Crippen LogP contribution is 2.07. The van der Waals surface area contributed by atoms with E-state index in [-0.39, 0.29) is 6.61 Å². The van der Waals surface area contributed by atoms with Gasteiger partial charge in [0.05, 0.1) is 6.61 Å². The van der Waals surface area contributed by atoms with Crippen LogP contribution < -0.4 is 0 Å². The molecule has 15 heavy (non-hydrogen) atoms. The molecule has 0 unspecified atom stereocenters. The van der Waals surface area contributed by atoms with Gasteiger partial charge in [0.15, 0.2) is 0 Å². The van der Waals surface area contributed by atoms with Crippen LogP contribution in [-0.2, 0) is 13.2 Å². The maximum absolute atomic E-state index is 8.92. The first-order valence-corrected chi connectivity index (χ1v) is 5.63. The number of nitrogens with zero attached hydrogens (tertiary/aromatic N) is 1. The highest BCUT2D eigenvalue weighted by atomic mass is 16.3. The van der Waals surface area contributed by atoms with Gasteiger partial charge in [-0.2, -0.15) is 0 Å². The predicted molar refractivity (Wildman–Crippen MR) is 63.6 cm³/mol. The standard InChI is InChI=1S/C13H21NO/c1-3-4-9-14(2)10-12-5-7-13(11-15)8-6-12/h5-8,15H,3-4,9-11H2,1-2H3. The predicted octanol–water partition coefficient (Wildman–Crippen LogP) is 2.41. The molecule has 0 saturated heterocycles. The molecule has 0 bridgehead atoms. The molecule has 1 rings (SSSR count). The molecule has 1 aromatic carbocycles. The Morgan fingerprint density at radius 3 is 2.27 bits per heavy atom. The van der Waals surface area contributed by atoms with Crippen LogP contribution >= 0.6 is 0 Å². The summed E-state index contributed by atoms with van der Waals surface area (Å²) in [7, 11) is 2.15. The maximum atomic E-state index is 8.92. The Labute approximate surface area is 92.5 Å². The van der Waals surface area contributed by atoms with E-state index in [2.05, 4.69) is 31.0 Å². The van der Waals surface area contributed by atoms with Gasteiger partial charge < -0.3 is 10.0 Å². The van der Waals surface area contributed by atoms with Crippen molar-refractivity contribution >= 4 is 0 Å². The van der Waals surface area contributed by atoms with Crippen molar-refractivity contribution in [2.24, 2.45) is 0 Å². The lowest BCUT2D eigenvalue weighted by Crippen LogP contribution is -2.18. The minimum absolute atomic E-state index is 0.131. The summed E-state index contributed by atoms with van der Waals surface area (Å²) < 4.78 is 0. The molecule has 0 aliphatic heterocycles. The smallest absolute Gasteiger partial charge is 0.0681 e. The van der Waals surface area contributed by atoms with Gasteiger partial charge in [0.1, 0.15) is 0 Å². The molecule has 0 aliphatic rings. The maximum Gasteiger partial charge on any atom is 0.0681 e. The summed E-state index contributed by atoms with van der Waals surface area (Å²) in [5.41, 5.74) is 2.29. The average molecular weight is 207 g/mol. The van der Waals surface area contributed by atoms with Gasteiger partial charge in [0.2, 0.25) is 0 Å². The first kappa shape index (κ1) is 12.2. The lowest BCUT2D eigenvalue weighted by atomic mass is 10.1. The second-order valence-corrected chi connectivity index (χ2v) is 4.07. The number of aliphatic hydroxyl groups excluding tert-OH is 1. The number of aliphatic hydroxyl groups is 1. The van der Waals surface area contributed by atoms with Crippen LogP contribution in [0.4, 0.5) is 0 Å². The average Bonchev–Trinajstić information content (AvgIpc) is 2.27. The van der Waals surface area contributed by atoms with Crippen molar-refractivity contribution in [3.63, 3.8) is 0 Å². The molecule has 1 N–H and O–H groups in total. The lowest BCUT2D eigenvalue weighted by Gasteiger charge is -2.16. The highest BCUT2D eigenvalue weighted by Gasteiger charge is 1.99. The van der Waals surface area contributed by atoms with E-state index in [0.717, 1.165) is 18.7 Å². The Balaban J connectivity index is 2.42. The number of hydrogen-bond donors (Lipinski definition) is 1. The Bertz CT molecular complexity index is 268. The van der Waals surface area contributed by atoms with E-state index in [0.29, 0.717) is 0 Å². The fourth-order valence-electron chi connectivity index (χ4n) is 1.57. The van der Waals surface area contributed by atoms with Crippen molar-refractivity contribution < 1.29 is 5.11 Å². The van der Waals surface area contributed by atoms with Crippen LogP contribution in [0.3, 0.4) is 0 Å². The van der Waals surface area contributed by atoms with E-state index < -0.39 is 0 Å². The molecule has 2 nitrogen and oxygen atoms in total. The van der Waals surface area contributed by atoms with Crippen LogP contribution in [0.1, 0.15) is 30.9 Å². The van der Waals surface area contributed by atoms with E-state index >= 15 is 0 Å². The topological polar surface area (TPSA) is 23.5 Å². The van der Waals surface area contributed by atoms with E-state index in [1.54, 1.807) is 0 Å². The van der Waals surface area contributed by atoms with E-state index in [1.807, 2.05) is 12.1 Å². The van der Waals surface area contributed by atoms with Crippen molar-refractivity contribution in [3.8, 4) is 0 Å². The minimum atomic E-state index is 0.131. The quantitative estimate of drug-likeness (QED) is 0.774. The summed E-state index contributed by atoms with van der Waals surface area (Å²) in [6, 6.07) is 8.16. The molecule has 0 spiro atoms. The monoisotopic (exact) mass is 207 g/mol. The Morgan fingerprint density at radius 2 is 1.73 bits per heavy atom. The fraction of sp³-hybridized carbons (Fsp3) is 0.538.